The van der Waals surface area contributed by atoms with E-state index in [1.54, 1.807) is 17.0 Å². The highest BCUT2D eigenvalue weighted by Gasteiger charge is 2.49. The third kappa shape index (κ3) is 4.05. The average Bonchev–Trinajstić information content (AvgIpc) is 2.99. The van der Waals surface area contributed by atoms with Crippen molar-refractivity contribution in [2.45, 2.75) is 31.1 Å². The van der Waals surface area contributed by atoms with Crippen molar-refractivity contribution < 1.29 is 23.1 Å². The van der Waals surface area contributed by atoms with Gasteiger partial charge in [0.1, 0.15) is 0 Å². The first-order chi connectivity index (χ1) is 12.2. The Balaban J connectivity index is 1.94. The van der Waals surface area contributed by atoms with Crippen LogP contribution in [0.2, 0.25) is 5.02 Å². The first kappa shape index (κ1) is 19.2. The van der Waals surface area contributed by atoms with Crippen LogP contribution < -0.4 is 10.0 Å². The van der Waals surface area contributed by atoms with E-state index >= 15 is 0 Å². The average molecular weight is 416 g/mol. The molecule has 1 aromatic carbocycles. The summed E-state index contributed by atoms with van der Waals surface area (Å²) in [5.74, 6) is -1.90. The molecule has 2 fully saturated rings. The number of aliphatic carboxylic acids is 1. The lowest BCUT2D eigenvalue weighted by atomic mass is 10.1. The van der Waals surface area contributed by atoms with Crippen molar-refractivity contribution >= 4 is 55.9 Å². The fourth-order valence-electron chi connectivity index (χ4n) is 2.97. The Morgan fingerprint density at radius 1 is 1.35 bits per heavy atom. The molecule has 0 unspecified atom stereocenters. The first-order valence-electron chi connectivity index (χ1n) is 7.90. The summed E-state index contributed by atoms with van der Waals surface area (Å²) in [6.07, 6.45) is -0.666. The maximum Gasteiger partial charge on any atom is 0.248 e. The minimum atomic E-state index is -3.16. The van der Waals surface area contributed by atoms with Crippen LogP contribution >= 0.6 is 23.4 Å². The number of rotatable bonds is 4. The van der Waals surface area contributed by atoms with Crippen LogP contribution in [0, 0.1) is 6.92 Å². The van der Waals surface area contributed by atoms with Gasteiger partial charge in [0, 0.05) is 28.4 Å². The van der Waals surface area contributed by atoms with Gasteiger partial charge in [-0.05, 0) is 31.0 Å². The van der Waals surface area contributed by atoms with Crippen molar-refractivity contribution in [3.8, 4) is 0 Å². The predicted molar refractivity (Wildman–Crippen MR) is 99.2 cm³/mol. The van der Waals surface area contributed by atoms with Crippen molar-refractivity contribution in [2.75, 3.05) is 16.4 Å². The Hall–Kier alpha value is -1.58. The van der Waals surface area contributed by atoms with Crippen molar-refractivity contribution in [3.63, 3.8) is 0 Å². The Kier molecular flexibility index (Phi) is 5.32. The number of carbonyl (C=O) groups excluding carboxylic acids is 2. The van der Waals surface area contributed by atoms with Crippen molar-refractivity contribution in [2.24, 2.45) is 4.99 Å². The van der Waals surface area contributed by atoms with Crippen molar-refractivity contribution in [1.82, 2.24) is 0 Å². The summed E-state index contributed by atoms with van der Waals surface area (Å²) >= 11 is 7.43. The van der Waals surface area contributed by atoms with Crippen LogP contribution in [0.4, 0.5) is 5.69 Å². The summed E-state index contributed by atoms with van der Waals surface area (Å²) in [7, 11) is -3.16. The van der Waals surface area contributed by atoms with Crippen molar-refractivity contribution in [1.29, 1.82) is 0 Å². The number of aliphatic imine (C=N–C) groups is 1. The largest absolute Gasteiger partial charge is 0.550 e. The molecule has 2 saturated heterocycles. The number of anilines is 1. The van der Waals surface area contributed by atoms with Gasteiger partial charge in [0.05, 0.1) is 17.5 Å². The smallest absolute Gasteiger partial charge is 0.248 e. The lowest BCUT2D eigenvalue weighted by molar-refractivity contribution is -0.305. The fourth-order valence-corrected chi connectivity index (χ4v) is 7.08. The lowest BCUT2D eigenvalue weighted by Gasteiger charge is -2.25. The van der Waals surface area contributed by atoms with E-state index in [0.717, 1.165) is 5.56 Å². The molecule has 0 radical (unpaired) electrons. The number of hydrogen-bond donors (Lipinski definition) is 0. The van der Waals surface area contributed by atoms with Crippen LogP contribution in [-0.4, -0.2) is 48.3 Å². The SMILES string of the molecule is Cc1ccc(N2C(=NC(=O)CCC(=O)[O-])S[C@@H]3CS(=O)(=O)C[C@@H]32)cc1Cl. The number of carbonyl (C=O) groups is 2. The summed E-state index contributed by atoms with van der Waals surface area (Å²) in [5.41, 5.74) is 1.53. The monoisotopic (exact) mass is 415 g/mol. The van der Waals surface area contributed by atoms with Gasteiger partial charge >= 0.3 is 0 Å². The summed E-state index contributed by atoms with van der Waals surface area (Å²) < 4.78 is 24.0. The number of hydrogen-bond acceptors (Lipinski definition) is 6. The van der Waals surface area contributed by atoms with E-state index in [1.165, 1.54) is 11.8 Å². The highest BCUT2D eigenvalue weighted by molar-refractivity contribution is 8.16. The molecule has 2 aliphatic heterocycles. The van der Waals surface area contributed by atoms with Gasteiger partial charge in [0.2, 0.25) is 5.91 Å². The number of nitrogens with zero attached hydrogens (tertiary/aromatic N) is 2. The second-order valence-corrected chi connectivity index (χ2v) is 10.0. The molecule has 0 saturated carbocycles. The lowest BCUT2D eigenvalue weighted by Crippen LogP contribution is -2.37. The molecule has 0 spiro atoms. The number of carboxylic acid groups (broad SMARTS) is 1. The molecule has 1 aromatic rings. The zero-order chi connectivity index (χ0) is 19.1. The zero-order valence-electron chi connectivity index (χ0n) is 13.8. The number of amides is 1. The number of thioether (sulfide) groups is 1. The van der Waals surface area contributed by atoms with Crippen LogP contribution in [0.5, 0.6) is 0 Å². The maximum atomic E-state index is 12.0. The van der Waals surface area contributed by atoms with Gasteiger partial charge in [-0.15, -0.1) is 0 Å². The fraction of sp³-hybridized carbons (Fsp3) is 0.438. The van der Waals surface area contributed by atoms with E-state index in [9.17, 15) is 23.1 Å². The van der Waals surface area contributed by atoms with Gasteiger partial charge in [-0.3, -0.25) is 4.79 Å². The standard InChI is InChI=1S/C16H17ClN2O5S2/c1-9-2-3-10(6-11(9)17)19-12-7-26(23,24)8-13(12)25-16(19)18-14(20)4-5-15(21)22/h2-3,6,12-13H,4-5,7-8H2,1H3,(H,21,22)/p-1/t12-,13+/m0/s1. The molecule has 10 heteroatoms. The maximum absolute atomic E-state index is 12.0. The number of sulfone groups is 1. The molecule has 2 heterocycles. The van der Waals surface area contributed by atoms with Gasteiger partial charge in [0.15, 0.2) is 15.0 Å². The third-order valence-electron chi connectivity index (χ3n) is 4.26. The summed E-state index contributed by atoms with van der Waals surface area (Å²) in [4.78, 5) is 28.3. The van der Waals surface area contributed by atoms with Gasteiger partial charge < -0.3 is 14.8 Å². The van der Waals surface area contributed by atoms with Crippen LogP contribution in [0.15, 0.2) is 23.2 Å². The van der Waals surface area contributed by atoms with E-state index in [1.807, 2.05) is 13.0 Å². The van der Waals surface area contributed by atoms with Crippen molar-refractivity contribution in [3.05, 3.63) is 28.8 Å². The predicted octanol–water partition coefficient (Wildman–Crippen LogP) is 0.780. The molecule has 26 heavy (non-hydrogen) atoms. The van der Waals surface area contributed by atoms with Crippen LogP contribution in [0.1, 0.15) is 18.4 Å². The van der Waals surface area contributed by atoms with Gasteiger partial charge in [-0.2, -0.15) is 4.99 Å². The minimum Gasteiger partial charge on any atom is -0.550 e. The Morgan fingerprint density at radius 2 is 2.08 bits per heavy atom. The van der Waals surface area contributed by atoms with Gasteiger partial charge in [0.25, 0.3) is 0 Å². The number of benzene rings is 1. The van der Waals surface area contributed by atoms with Crippen LogP contribution in [0.25, 0.3) is 0 Å². The number of amidine groups is 1. The molecule has 0 aromatic heterocycles. The van der Waals surface area contributed by atoms with E-state index in [0.29, 0.717) is 15.9 Å². The molecule has 3 rings (SSSR count). The van der Waals surface area contributed by atoms with Gasteiger partial charge in [-0.1, -0.05) is 29.4 Å². The first-order valence-corrected chi connectivity index (χ1v) is 11.0. The molecule has 1 amide bonds. The molecule has 0 N–H and O–H groups in total. The second-order valence-electron chi connectivity index (χ2n) is 6.26. The Labute approximate surface area is 160 Å². The summed E-state index contributed by atoms with van der Waals surface area (Å²) in [5, 5.41) is 11.2. The number of halogens is 1. The molecule has 2 atom stereocenters. The van der Waals surface area contributed by atoms with E-state index < -0.39 is 28.1 Å². The quantitative estimate of drug-likeness (QED) is 0.715. The third-order valence-corrected chi connectivity index (χ3v) is 7.88. The van der Waals surface area contributed by atoms with E-state index in [4.69, 9.17) is 11.6 Å². The molecule has 7 nitrogen and oxygen atoms in total. The summed E-state index contributed by atoms with van der Waals surface area (Å²) in [6.45, 7) is 1.85. The normalized spacial score (nSPS) is 25.5. The zero-order valence-corrected chi connectivity index (χ0v) is 16.2. The molecule has 140 valence electrons. The topological polar surface area (TPSA) is 107 Å². The molecule has 0 bridgehead atoms. The Morgan fingerprint density at radius 3 is 2.73 bits per heavy atom. The highest BCUT2D eigenvalue weighted by atomic mass is 35.5. The Bertz CT molecular complexity index is 900. The molecule has 0 aliphatic carbocycles. The number of fused-ring (bicyclic) bond motifs is 1. The summed E-state index contributed by atoms with van der Waals surface area (Å²) in [6, 6.07) is 4.99. The van der Waals surface area contributed by atoms with Gasteiger partial charge in [-0.25, -0.2) is 8.42 Å². The molecular weight excluding hydrogens is 400 g/mol. The van der Waals surface area contributed by atoms with Crippen LogP contribution in [0.3, 0.4) is 0 Å². The van der Waals surface area contributed by atoms with Crippen LogP contribution in [-0.2, 0) is 19.4 Å². The highest BCUT2D eigenvalue weighted by Crippen LogP contribution is 2.41. The van der Waals surface area contributed by atoms with E-state index in [2.05, 4.69) is 4.99 Å². The molecule has 2 aliphatic rings. The number of aryl methyl sites for hydroxylation is 1. The minimum absolute atomic E-state index is 0.0185. The molecular formula is C16H16ClN2O5S2-. The van der Waals surface area contributed by atoms with E-state index in [-0.39, 0.29) is 29.2 Å². The second kappa shape index (κ2) is 7.21. The number of carboxylic acids is 1.